The summed E-state index contributed by atoms with van der Waals surface area (Å²) in [5, 5.41) is 5.78. The summed E-state index contributed by atoms with van der Waals surface area (Å²) in [7, 11) is 1.52. The molecule has 0 radical (unpaired) electrons. The van der Waals surface area contributed by atoms with E-state index in [4.69, 9.17) is 9.84 Å². The number of para-hydroxylation sites is 2. The van der Waals surface area contributed by atoms with Crippen LogP contribution in [0.4, 0.5) is 5.69 Å². The smallest absolute Gasteiger partial charge is 0.254 e. The third kappa shape index (κ3) is 2.96. The number of rotatable bonds is 4. The van der Waals surface area contributed by atoms with Crippen molar-refractivity contribution in [1.82, 2.24) is 5.01 Å². The molecule has 8 heteroatoms. The first-order valence-corrected chi connectivity index (χ1v) is 15.3. The fourth-order valence-electron chi connectivity index (χ4n) is 9.42. The lowest BCUT2D eigenvalue weighted by Crippen LogP contribution is -2.55. The number of ether oxygens (including phenoxy) is 1. The number of anilines is 1. The maximum absolute atomic E-state index is 14.7. The van der Waals surface area contributed by atoms with Crippen molar-refractivity contribution in [3.63, 3.8) is 0 Å². The molecule has 4 amide bonds. The zero-order chi connectivity index (χ0) is 29.9. The zero-order valence-electron chi connectivity index (χ0n) is 24.0. The predicted octanol–water partition coefficient (Wildman–Crippen LogP) is 4.43. The number of carbonyl (C=O) groups is 4. The standard InChI is InChI=1S/C36H29N3O5/c1-44-26-13-7-6-12-25(26)38-32(40)30-29-21-8-2-4-10-23(21)36(31(30)35(38)43,24-11-5-3-9-22(24)29)18-37-39-33(41)27-19-14-15-20(17-16-19)28(27)34(39)42/h2-15,18-20,27-31H,16-17H2,1H3/b37-18-/t19-,20-,27-,28+,29?,30+,31-,36?/m0/s1. The summed E-state index contributed by atoms with van der Waals surface area (Å²) < 4.78 is 5.57. The van der Waals surface area contributed by atoms with E-state index in [9.17, 15) is 19.2 Å². The van der Waals surface area contributed by atoms with Gasteiger partial charge in [-0.25, -0.2) is 4.90 Å². The van der Waals surface area contributed by atoms with Crippen LogP contribution in [0, 0.1) is 35.5 Å². The van der Waals surface area contributed by atoms with Crippen LogP contribution in [0.25, 0.3) is 0 Å². The number of amides is 4. The van der Waals surface area contributed by atoms with Crippen LogP contribution in [-0.2, 0) is 24.6 Å². The third-order valence-corrected chi connectivity index (χ3v) is 11.1. The van der Waals surface area contributed by atoms with Gasteiger partial charge in [0.15, 0.2) is 0 Å². The summed E-state index contributed by atoms with van der Waals surface area (Å²) in [6.07, 6.45) is 7.59. The summed E-state index contributed by atoms with van der Waals surface area (Å²) in [6.45, 7) is 0. The molecule has 2 heterocycles. The topological polar surface area (TPSA) is 96.3 Å². The molecular formula is C36H29N3O5. The van der Waals surface area contributed by atoms with Gasteiger partial charge in [0.2, 0.25) is 11.8 Å². The lowest BCUT2D eigenvalue weighted by molar-refractivity contribution is -0.140. The summed E-state index contributed by atoms with van der Waals surface area (Å²) in [6, 6.07) is 22.8. The Morgan fingerprint density at radius 3 is 1.89 bits per heavy atom. The van der Waals surface area contributed by atoms with Crippen molar-refractivity contribution in [3.05, 3.63) is 107 Å². The Kier molecular flexibility index (Phi) is 5.15. The Bertz CT molecular complexity index is 1800. The zero-order valence-corrected chi connectivity index (χ0v) is 24.0. The molecule has 44 heavy (non-hydrogen) atoms. The Morgan fingerprint density at radius 2 is 1.30 bits per heavy atom. The number of hydrogen-bond donors (Lipinski definition) is 0. The maximum Gasteiger partial charge on any atom is 0.254 e. The maximum atomic E-state index is 14.7. The summed E-state index contributed by atoms with van der Waals surface area (Å²) in [5.41, 5.74) is 2.87. The summed E-state index contributed by atoms with van der Waals surface area (Å²) in [5.74, 6) is -3.34. The highest BCUT2D eigenvalue weighted by atomic mass is 16.5. The lowest BCUT2D eigenvalue weighted by Gasteiger charge is -2.52. The van der Waals surface area contributed by atoms with Crippen molar-refractivity contribution in [1.29, 1.82) is 0 Å². The molecule has 4 bridgehead atoms. The largest absolute Gasteiger partial charge is 0.495 e. The molecule has 6 aliphatic carbocycles. The van der Waals surface area contributed by atoms with E-state index < -0.39 is 29.1 Å². The second kappa shape index (κ2) is 8.85. The minimum absolute atomic E-state index is 0.0409. The predicted molar refractivity (Wildman–Crippen MR) is 161 cm³/mol. The van der Waals surface area contributed by atoms with Gasteiger partial charge in [-0.3, -0.25) is 19.2 Å². The molecule has 0 spiro atoms. The highest BCUT2D eigenvalue weighted by Crippen LogP contribution is 2.64. The van der Waals surface area contributed by atoms with Gasteiger partial charge >= 0.3 is 0 Å². The SMILES string of the molecule is COc1ccccc1N1C(=O)[C@@H]2C3c4ccccc4C(/C=N\N4C(=O)[C@@H]5[C@H](C4=O)[C@H]4C=C[C@H]5CC4)(c4ccccc43)[C@@H]2C1=O. The molecule has 11 rings (SSSR count). The number of carbonyl (C=O) groups excluding carboxylic acids is 4. The van der Waals surface area contributed by atoms with E-state index in [2.05, 4.69) is 12.2 Å². The van der Waals surface area contributed by atoms with Gasteiger partial charge in [-0.15, -0.1) is 0 Å². The molecule has 6 atom stereocenters. The summed E-state index contributed by atoms with van der Waals surface area (Å²) >= 11 is 0. The van der Waals surface area contributed by atoms with Crippen molar-refractivity contribution in [2.75, 3.05) is 12.0 Å². The van der Waals surface area contributed by atoms with Crippen LogP contribution in [0.5, 0.6) is 5.75 Å². The highest BCUT2D eigenvalue weighted by molar-refractivity contribution is 6.25. The van der Waals surface area contributed by atoms with Crippen LogP contribution in [0.15, 0.2) is 90.0 Å². The van der Waals surface area contributed by atoms with Gasteiger partial charge in [0.05, 0.1) is 41.9 Å². The average Bonchev–Trinajstić information content (AvgIpc) is 3.50. The van der Waals surface area contributed by atoms with Gasteiger partial charge in [0.25, 0.3) is 11.8 Å². The first-order chi connectivity index (χ1) is 21.5. The second-order valence-electron chi connectivity index (χ2n) is 12.8. The number of benzene rings is 3. The van der Waals surface area contributed by atoms with Gasteiger partial charge in [0, 0.05) is 12.1 Å². The molecule has 0 N–H and O–H groups in total. The van der Waals surface area contributed by atoms with Gasteiger partial charge < -0.3 is 4.74 Å². The molecule has 3 aromatic rings. The van der Waals surface area contributed by atoms with Crippen molar-refractivity contribution in [2.45, 2.75) is 24.2 Å². The monoisotopic (exact) mass is 583 g/mol. The Balaban J connectivity index is 1.24. The minimum atomic E-state index is -1.18. The fraction of sp³-hybridized carbons (Fsp3) is 0.306. The van der Waals surface area contributed by atoms with E-state index in [1.165, 1.54) is 12.0 Å². The van der Waals surface area contributed by atoms with Crippen molar-refractivity contribution < 1.29 is 23.9 Å². The number of hydrogen-bond acceptors (Lipinski definition) is 6. The number of allylic oxidation sites excluding steroid dienone is 2. The number of imide groups is 2. The van der Waals surface area contributed by atoms with Crippen molar-refractivity contribution in [3.8, 4) is 5.75 Å². The molecule has 1 saturated carbocycles. The van der Waals surface area contributed by atoms with Crippen LogP contribution in [0.1, 0.15) is 41.0 Å². The summed E-state index contributed by atoms with van der Waals surface area (Å²) in [4.78, 5) is 58.0. The van der Waals surface area contributed by atoms with Gasteiger partial charge in [-0.05, 0) is 59.1 Å². The molecule has 0 aromatic heterocycles. The van der Waals surface area contributed by atoms with Crippen LogP contribution >= 0.6 is 0 Å². The molecule has 8 nitrogen and oxygen atoms in total. The van der Waals surface area contributed by atoms with Crippen LogP contribution in [-0.4, -0.2) is 42.0 Å². The highest BCUT2D eigenvalue weighted by Gasteiger charge is 2.68. The third-order valence-electron chi connectivity index (χ3n) is 11.1. The van der Waals surface area contributed by atoms with Gasteiger partial charge in [-0.2, -0.15) is 10.1 Å². The van der Waals surface area contributed by atoms with E-state index in [1.807, 2.05) is 48.5 Å². The Hall–Kier alpha value is -4.85. The molecule has 0 unspecified atom stereocenters. The quantitative estimate of drug-likeness (QED) is 0.257. The molecule has 218 valence electrons. The number of nitrogens with zero attached hydrogens (tertiary/aromatic N) is 3. The minimum Gasteiger partial charge on any atom is -0.495 e. The van der Waals surface area contributed by atoms with Crippen LogP contribution in [0.2, 0.25) is 0 Å². The Labute approximate surface area is 254 Å². The van der Waals surface area contributed by atoms with E-state index >= 15 is 0 Å². The molecule has 3 aromatic carbocycles. The van der Waals surface area contributed by atoms with E-state index in [-0.39, 0.29) is 41.4 Å². The lowest BCUT2D eigenvalue weighted by atomic mass is 9.47. The second-order valence-corrected chi connectivity index (χ2v) is 12.8. The molecule has 2 aliphatic heterocycles. The molecule has 2 saturated heterocycles. The van der Waals surface area contributed by atoms with E-state index in [1.54, 1.807) is 30.5 Å². The molecule has 8 aliphatic rings. The van der Waals surface area contributed by atoms with Gasteiger partial charge in [-0.1, -0.05) is 72.8 Å². The van der Waals surface area contributed by atoms with Gasteiger partial charge in [0.1, 0.15) is 5.75 Å². The average molecular weight is 584 g/mol. The molecule has 3 fully saturated rings. The number of fused-ring (bicyclic) bond motifs is 1. The Morgan fingerprint density at radius 1 is 0.727 bits per heavy atom. The first kappa shape index (κ1) is 25.6. The number of methoxy groups -OCH3 is 1. The normalized spacial score (nSPS) is 34.1. The van der Waals surface area contributed by atoms with Crippen LogP contribution in [0.3, 0.4) is 0 Å². The fourth-order valence-corrected chi connectivity index (χ4v) is 9.42. The first-order valence-electron chi connectivity index (χ1n) is 15.3. The van der Waals surface area contributed by atoms with Crippen LogP contribution < -0.4 is 9.64 Å². The van der Waals surface area contributed by atoms with Crippen molar-refractivity contribution >= 4 is 35.5 Å². The number of hydrazone groups is 1. The van der Waals surface area contributed by atoms with Crippen molar-refractivity contribution in [2.24, 2.45) is 40.6 Å². The van der Waals surface area contributed by atoms with E-state index in [0.717, 1.165) is 40.1 Å². The van der Waals surface area contributed by atoms with E-state index in [0.29, 0.717) is 11.4 Å². The molecular weight excluding hydrogens is 554 g/mol.